The van der Waals surface area contributed by atoms with Crippen molar-refractivity contribution in [1.29, 1.82) is 0 Å². The van der Waals surface area contributed by atoms with E-state index in [-0.39, 0.29) is 12.2 Å². The van der Waals surface area contributed by atoms with Gasteiger partial charge in [-0.3, -0.25) is 0 Å². The molecule has 0 spiro atoms. The fourth-order valence-electron chi connectivity index (χ4n) is 2.21. The van der Waals surface area contributed by atoms with E-state index < -0.39 is 0 Å². The molecule has 0 heterocycles. The van der Waals surface area contributed by atoms with Crippen molar-refractivity contribution in [3.63, 3.8) is 0 Å². The maximum absolute atomic E-state index is 5.56. The third-order valence-electron chi connectivity index (χ3n) is 3.24. The molecule has 0 radical (unpaired) electrons. The van der Waals surface area contributed by atoms with E-state index in [4.69, 9.17) is 28.4 Å². The molecular formula is C15H24O6. The maximum atomic E-state index is 5.56. The highest BCUT2D eigenvalue weighted by Crippen LogP contribution is 2.41. The highest BCUT2D eigenvalue weighted by molar-refractivity contribution is 5.54. The van der Waals surface area contributed by atoms with E-state index in [1.54, 1.807) is 42.7 Å². The molecule has 1 aromatic rings. The molecular weight excluding hydrogens is 276 g/mol. The van der Waals surface area contributed by atoms with Crippen LogP contribution in [0.2, 0.25) is 0 Å². The molecule has 0 bridgehead atoms. The third-order valence-corrected chi connectivity index (χ3v) is 3.24. The Balaban J connectivity index is 3.26. The second kappa shape index (κ2) is 8.71. The lowest BCUT2D eigenvalue weighted by molar-refractivity contribution is -0.0697. The van der Waals surface area contributed by atoms with Crippen molar-refractivity contribution in [2.75, 3.05) is 49.3 Å². The molecule has 0 N–H and O–H groups in total. The molecule has 1 rings (SSSR count). The van der Waals surface area contributed by atoms with Crippen molar-refractivity contribution in [1.82, 2.24) is 0 Å². The summed E-state index contributed by atoms with van der Waals surface area (Å²) in [5, 5.41) is 0. The van der Waals surface area contributed by atoms with Gasteiger partial charge in [-0.2, -0.15) is 0 Å². The first-order valence-corrected chi connectivity index (χ1v) is 6.51. The van der Waals surface area contributed by atoms with E-state index in [0.29, 0.717) is 23.9 Å². The SMILES string of the molecule is COC[C@H](OC)[C@@H](OC)c1cc(OC)c(OC)c(OC)c1. The Bertz CT molecular complexity index is 409. The molecule has 0 saturated carbocycles. The Labute approximate surface area is 125 Å². The Morgan fingerprint density at radius 2 is 1.38 bits per heavy atom. The zero-order chi connectivity index (χ0) is 15.8. The molecule has 6 heteroatoms. The predicted molar refractivity (Wildman–Crippen MR) is 78.5 cm³/mol. The topological polar surface area (TPSA) is 55.4 Å². The second-order valence-corrected chi connectivity index (χ2v) is 4.34. The van der Waals surface area contributed by atoms with Crippen LogP contribution in [-0.2, 0) is 14.2 Å². The normalized spacial score (nSPS) is 13.6. The van der Waals surface area contributed by atoms with Gasteiger partial charge in [0, 0.05) is 21.3 Å². The Morgan fingerprint density at radius 3 is 1.71 bits per heavy atom. The standard InChI is InChI=1S/C15H24O6/c1-16-9-13(19-4)14(20-5)10-7-11(17-2)15(21-6)12(8-10)18-3/h7-8,13-14H,9H2,1-6H3/t13-,14-/m0/s1. The fraction of sp³-hybridized carbons (Fsp3) is 0.600. The summed E-state index contributed by atoms with van der Waals surface area (Å²) >= 11 is 0. The number of hydrogen-bond acceptors (Lipinski definition) is 6. The van der Waals surface area contributed by atoms with E-state index in [2.05, 4.69) is 0 Å². The fourth-order valence-corrected chi connectivity index (χ4v) is 2.21. The van der Waals surface area contributed by atoms with E-state index >= 15 is 0 Å². The van der Waals surface area contributed by atoms with Crippen LogP contribution in [0.15, 0.2) is 12.1 Å². The van der Waals surface area contributed by atoms with Gasteiger partial charge < -0.3 is 28.4 Å². The predicted octanol–water partition coefficient (Wildman–Crippen LogP) is 2.06. The van der Waals surface area contributed by atoms with E-state index in [1.165, 1.54) is 0 Å². The smallest absolute Gasteiger partial charge is 0.203 e. The summed E-state index contributed by atoms with van der Waals surface area (Å²) in [5.41, 5.74) is 0.857. The van der Waals surface area contributed by atoms with Crippen LogP contribution in [0.5, 0.6) is 17.2 Å². The van der Waals surface area contributed by atoms with Gasteiger partial charge in [-0.1, -0.05) is 0 Å². The summed E-state index contributed by atoms with van der Waals surface area (Å²) in [6, 6.07) is 3.69. The lowest BCUT2D eigenvalue weighted by Crippen LogP contribution is -2.27. The average molecular weight is 300 g/mol. The van der Waals surface area contributed by atoms with Gasteiger partial charge in [0.2, 0.25) is 5.75 Å². The molecule has 0 amide bonds. The molecule has 0 aromatic heterocycles. The van der Waals surface area contributed by atoms with Crippen molar-refractivity contribution in [3.8, 4) is 17.2 Å². The summed E-state index contributed by atoms with van der Waals surface area (Å²) in [4.78, 5) is 0. The zero-order valence-corrected chi connectivity index (χ0v) is 13.5. The lowest BCUT2D eigenvalue weighted by Gasteiger charge is -2.26. The van der Waals surface area contributed by atoms with Crippen molar-refractivity contribution in [2.24, 2.45) is 0 Å². The van der Waals surface area contributed by atoms with Crippen LogP contribution in [-0.4, -0.2) is 55.4 Å². The van der Waals surface area contributed by atoms with Crippen LogP contribution in [0, 0.1) is 0 Å². The molecule has 1 aromatic carbocycles. The molecule has 6 nitrogen and oxygen atoms in total. The lowest BCUT2D eigenvalue weighted by atomic mass is 10.0. The first kappa shape index (κ1) is 17.6. The van der Waals surface area contributed by atoms with Gasteiger partial charge in [0.1, 0.15) is 12.2 Å². The van der Waals surface area contributed by atoms with Crippen LogP contribution >= 0.6 is 0 Å². The van der Waals surface area contributed by atoms with E-state index in [9.17, 15) is 0 Å². The highest BCUT2D eigenvalue weighted by atomic mass is 16.6. The second-order valence-electron chi connectivity index (χ2n) is 4.34. The summed E-state index contributed by atoms with van der Waals surface area (Å²) in [7, 11) is 9.57. The minimum Gasteiger partial charge on any atom is -0.493 e. The third kappa shape index (κ3) is 4.00. The number of ether oxygens (including phenoxy) is 6. The Morgan fingerprint density at radius 1 is 0.810 bits per heavy atom. The number of hydrogen-bond donors (Lipinski definition) is 0. The maximum Gasteiger partial charge on any atom is 0.203 e. The van der Waals surface area contributed by atoms with Crippen LogP contribution in [0.25, 0.3) is 0 Å². The summed E-state index contributed by atoms with van der Waals surface area (Å²) in [6.07, 6.45) is -0.563. The zero-order valence-electron chi connectivity index (χ0n) is 13.5. The molecule has 0 aliphatic rings. The van der Waals surface area contributed by atoms with Crippen molar-refractivity contribution < 1.29 is 28.4 Å². The molecule has 0 aliphatic carbocycles. The first-order valence-electron chi connectivity index (χ1n) is 6.51. The van der Waals surface area contributed by atoms with E-state index in [0.717, 1.165) is 5.56 Å². The molecule has 2 atom stereocenters. The number of methoxy groups -OCH3 is 6. The number of rotatable bonds is 9. The quantitative estimate of drug-likeness (QED) is 0.696. The van der Waals surface area contributed by atoms with Gasteiger partial charge in [-0.05, 0) is 17.7 Å². The van der Waals surface area contributed by atoms with Gasteiger partial charge in [0.05, 0.1) is 27.9 Å². The molecule has 0 unspecified atom stereocenters. The number of benzene rings is 1. The van der Waals surface area contributed by atoms with Gasteiger partial charge in [0.25, 0.3) is 0 Å². The summed E-state index contributed by atoms with van der Waals surface area (Å²) in [5.74, 6) is 1.68. The first-order chi connectivity index (χ1) is 10.2. The molecule has 0 aliphatic heterocycles. The van der Waals surface area contributed by atoms with Crippen LogP contribution < -0.4 is 14.2 Å². The van der Waals surface area contributed by atoms with Gasteiger partial charge in [0.15, 0.2) is 11.5 Å². The van der Waals surface area contributed by atoms with Crippen molar-refractivity contribution >= 4 is 0 Å². The van der Waals surface area contributed by atoms with Gasteiger partial charge in [-0.25, -0.2) is 0 Å². The van der Waals surface area contributed by atoms with E-state index in [1.807, 2.05) is 12.1 Å². The largest absolute Gasteiger partial charge is 0.493 e. The minimum atomic E-state index is -0.316. The van der Waals surface area contributed by atoms with Crippen LogP contribution in [0.3, 0.4) is 0 Å². The minimum absolute atomic E-state index is 0.247. The molecule has 0 saturated heterocycles. The molecule has 0 fully saturated rings. The Hall–Kier alpha value is -1.50. The van der Waals surface area contributed by atoms with Gasteiger partial charge in [-0.15, -0.1) is 0 Å². The Kier molecular flexibility index (Phi) is 7.28. The summed E-state index contributed by atoms with van der Waals surface area (Å²) < 4.78 is 32.2. The van der Waals surface area contributed by atoms with Crippen LogP contribution in [0.1, 0.15) is 11.7 Å². The van der Waals surface area contributed by atoms with Crippen LogP contribution in [0.4, 0.5) is 0 Å². The summed E-state index contributed by atoms with van der Waals surface area (Å²) in [6.45, 7) is 0.408. The van der Waals surface area contributed by atoms with Crippen molar-refractivity contribution in [3.05, 3.63) is 17.7 Å². The average Bonchev–Trinajstić information content (AvgIpc) is 2.53. The molecule has 21 heavy (non-hydrogen) atoms. The highest BCUT2D eigenvalue weighted by Gasteiger charge is 2.26. The molecule has 120 valence electrons. The monoisotopic (exact) mass is 300 g/mol. The van der Waals surface area contributed by atoms with Gasteiger partial charge >= 0.3 is 0 Å². The van der Waals surface area contributed by atoms with Crippen molar-refractivity contribution in [2.45, 2.75) is 12.2 Å².